The number of rotatable bonds is 5. The Morgan fingerprint density at radius 3 is 2.32 bits per heavy atom. The van der Waals surface area contributed by atoms with E-state index in [1.165, 1.54) is 0 Å². The Morgan fingerprint density at radius 1 is 1.21 bits per heavy atom. The largest absolute Gasteiger partial charge is 0.399 e. The highest BCUT2D eigenvalue weighted by Crippen LogP contribution is 2.18. The molecule has 0 spiro atoms. The predicted molar refractivity (Wildman–Crippen MR) is 75.2 cm³/mol. The highest BCUT2D eigenvalue weighted by molar-refractivity contribution is 5.89. The zero-order chi connectivity index (χ0) is 14.6. The highest BCUT2D eigenvalue weighted by atomic mass is 16.2. The number of carbonyl (C=O) groups is 2. The van der Waals surface area contributed by atoms with Gasteiger partial charge in [0, 0.05) is 5.69 Å². The van der Waals surface area contributed by atoms with E-state index in [-0.39, 0.29) is 17.7 Å². The Labute approximate surface area is 113 Å². The number of nitrogen functional groups attached to an aromatic ring is 1. The number of benzene rings is 1. The van der Waals surface area contributed by atoms with E-state index in [0.29, 0.717) is 5.69 Å². The topological polar surface area (TPSA) is 98.2 Å². The smallest absolute Gasteiger partial charge is 0.240 e. The first kappa shape index (κ1) is 15.0. The van der Waals surface area contributed by atoms with E-state index in [9.17, 15) is 9.59 Å². The van der Waals surface area contributed by atoms with Crippen LogP contribution in [-0.4, -0.2) is 17.9 Å². The summed E-state index contributed by atoms with van der Waals surface area (Å²) in [5.41, 5.74) is 12.4. The molecule has 0 fully saturated rings. The molecule has 0 aliphatic heterocycles. The fraction of sp³-hybridized carbons (Fsp3) is 0.429. The van der Waals surface area contributed by atoms with Gasteiger partial charge in [0.15, 0.2) is 0 Å². The zero-order valence-electron chi connectivity index (χ0n) is 11.5. The lowest BCUT2D eigenvalue weighted by Gasteiger charge is -2.21. The van der Waals surface area contributed by atoms with Gasteiger partial charge in [-0.1, -0.05) is 26.0 Å². The molecule has 0 heterocycles. The molecule has 0 saturated heterocycles. The molecule has 5 N–H and O–H groups in total. The van der Waals surface area contributed by atoms with Gasteiger partial charge in [-0.3, -0.25) is 9.59 Å². The molecule has 2 unspecified atom stereocenters. The van der Waals surface area contributed by atoms with Crippen molar-refractivity contribution in [1.29, 1.82) is 0 Å². The van der Waals surface area contributed by atoms with Crippen molar-refractivity contribution in [1.82, 2.24) is 5.32 Å². The Bertz CT molecular complexity index is 472. The molecule has 19 heavy (non-hydrogen) atoms. The summed E-state index contributed by atoms with van der Waals surface area (Å²) < 4.78 is 0. The molecule has 5 heteroatoms. The van der Waals surface area contributed by atoms with Crippen molar-refractivity contribution >= 4 is 17.5 Å². The summed E-state index contributed by atoms with van der Waals surface area (Å²) >= 11 is 0. The third kappa shape index (κ3) is 3.98. The van der Waals surface area contributed by atoms with Crippen LogP contribution < -0.4 is 16.8 Å². The van der Waals surface area contributed by atoms with Crippen LogP contribution >= 0.6 is 0 Å². The first-order valence-electron chi connectivity index (χ1n) is 6.28. The summed E-state index contributed by atoms with van der Waals surface area (Å²) in [5.74, 6) is -1.19. The zero-order valence-corrected chi connectivity index (χ0v) is 11.5. The third-order valence-electron chi connectivity index (χ3n) is 3.07. The minimum atomic E-state index is -0.656. The first-order chi connectivity index (χ1) is 8.82. The Kier molecular flexibility index (Phi) is 4.92. The standard InChI is InChI=1S/C14H21N3O2/c1-8(2)12(13(16)18)17-14(19)9(3)10-5-4-6-11(15)7-10/h4-9,12H,15H2,1-3H3,(H2,16,18)(H,17,19). The van der Waals surface area contributed by atoms with Crippen LogP contribution in [0.3, 0.4) is 0 Å². The lowest BCUT2D eigenvalue weighted by Crippen LogP contribution is -2.48. The minimum absolute atomic E-state index is 0.0468. The Hall–Kier alpha value is -2.04. The molecule has 2 amide bonds. The average molecular weight is 263 g/mol. The molecule has 1 aromatic rings. The van der Waals surface area contributed by atoms with Crippen molar-refractivity contribution in [3.63, 3.8) is 0 Å². The van der Waals surface area contributed by atoms with Crippen LogP contribution in [0.15, 0.2) is 24.3 Å². The van der Waals surface area contributed by atoms with E-state index in [4.69, 9.17) is 11.5 Å². The number of nitrogens with two attached hydrogens (primary N) is 2. The average Bonchev–Trinajstić information content (AvgIpc) is 2.33. The van der Waals surface area contributed by atoms with Crippen molar-refractivity contribution in [3.05, 3.63) is 29.8 Å². The van der Waals surface area contributed by atoms with E-state index >= 15 is 0 Å². The van der Waals surface area contributed by atoms with Gasteiger partial charge in [-0.25, -0.2) is 0 Å². The van der Waals surface area contributed by atoms with Crippen molar-refractivity contribution in [2.24, 2.45) is 11.7 Å². The van der Waals surface area contributed by atoms with Gasteiger partial charge < -0.3 is 16.8 Å². The number of primary amides is 1. The number of anilines is 1. The fourth-order valence-electron chi connectivity index (χ4n) is 1.82. The van der Waals surface area contributed by atoms with Crippen LogP contribution in [0.4, 0.5) is 5.69 Å². The quantitative estimate of drug-likeness (QED) is 0.691. The van der Waals surface area contributed by atoms with Gasteiger partial charge in [0.1, 0.15) is 6.04 Å². The molecule has 5 nitrogen and oxygen atoms in total. The van der Waals surface area contributed by atoms with Crippen molar-refractivity contribution in [2.75, 3.05) is 5.73 Å². The first-order valence-corrected chi connectivity index (χ1v) is 6.28. The van der Waals surface area contributed by atoms with Gasteiger partial charge in [-0.15, -0.1) is 0 Å². The molecule has 0 aromatic heterocycles. The minimum Gasteiger partial charge on any atom is -0.399 e. The molecule has 0 aliphatic rings. The summed E-state index contributed by atoms with van der Waals surface area (Å²) in [5, 5.41) is 2.68. The fourth-order valence-corrected chi connectivity index (χ4v) is 1.82. The van der Waals surface area contributed by atoms with Gasteiger partial charge in [0.05, 0.1) is 5.92 Å². The monoisotopic (exact) mass is 263 g/mol. The van der Waals surface area contributed by atoms with Gasteiger partial charge in [-0.05, 0) is 30.5 Å². The van der Waals surface area contributed by atoms with Crippen molar-refractivity contribution in [2.45, 2.75) is 32.7 Å². The van der Waals surface area contributed by atoms with E-state index in [1.54, 1.807) is 25.1 Å². The van der Waals surface area contributed by atoms with E-state index < -0.39 is 11.9 Å². The molecule has 2 atom stereocenters. The molecule has 0 bridgehead atoms. The second-order valence-electron chi connectivity index (χ2n) is 5.02. The molecule has 0 aliphatic carbocycles. The molecular formula is C14H21N3O2. The van der Waals surface area contributed by atoms with Crippen LogP contribution in [0.5, 0.6) is 0 Å². The lowest BCUT2D eigenvalue weighted by atomic mass is 9.97. The summed E-state index contributed by atoms with van der Waals surface area (Å²) in [6.07, 6.45) is 0. The maximum absolute atomic E-state index is 12.1. The molecular weight excluding hydrogens is 242 g/mol. The number of amides is 2. The number of hydrogen-bond acceptors (Lipinski definition) is 3. The normalized spacial score (nSPS) is 13.9. The van der Waals surface area contributed by atoms with Gasteiger partial charge in [-0.2, -0.15) is 0 Å². The number of carbonyl (C=O) groups excluding carboxylic acids is 2. The maximum Gasteiger partial charge on any atom is 0.240 e. The second kappa shape index (κ2) is 6.22. The summed E-state index contributed by atoms with van der Waals surface area (Å²) in [6.45, 7) is 5.43. The molecule has 1 rings (SSSR count). The number of hydrogen-bond donors (Lipinski definition) is 3. The molecule has 104 valence electrons. The van der Waals surface area contributed by atoms with Crippen LogP contribution in [0.2, 0.25) is 0 Å². The van der Waals surface area contributed by atoms with Gasteiger partial charge >= 0.3 is 0 Å². The summed E-state index contributed by atoms with van der Waals surface area (Å²) in [4.78, 5) is 23.4. The lowest BCUT2D eigenvalue weighted by molar-refractivity contribution is -0.129. The SMILES string of the molecule is CC(C(=O)NC(C(N)=O)C(C)C)c1cccc(N)c1. The molecule has 1 aromatic carbocycles. The van der Waals surface area contributed by atoms with E-state index in [2.05, 4.69) is 5.32 Å². The third-order valence-corrected chi connectivity index (χ3v) is 3.07. The predicted octanol–water partition coefficient (Wildman–Crippen LogP) is 0.998. The van der Waals surface area contributed by atoms with Crippen molar-refractivity contribution in [3.8, 4) is 0 Å². The summed E-state index contributed by atoms with van der Waals surface area (Å²) in [7, 11) is 0. The molecule has 0 radical (unpaired) electrons. The van der Waals surface area contributed by atoms with E-state index in [0.717, 1.165) is 5.56 Å². The Balaban J connectivity index is 2.80. The maximum atomic E-state index is 12.1. The highest BCUT2D eigenvalue weighted by Gasteiger charge is 2.24. The van der Waals surface area contributed by atoms with Crippen LogP contribution in [0.25, 0.3) is 0 Å². The van der Waals surface area contributed by atoms with Crippen LogP contribution in [-0.2, 0) is 9.59 Å². The van der Waals surface area contributed by atoms with E-state index in [1.807, 2.05) is 19.9 Å². The Morgan fingerprint density at radius 2 is 1.84 bits per heavy atom. The van der Waals surface area contributed by atoms with Crippen LogP contribution in [0, 0.1) is 5.92 Å². The second-order valence-corrected chi connectivity index (χ2v) is 5.02. The molecule has 0 saturated carbocycles. The number of nitrogens with one attached hydrogen (secondary N) is 1. The van der Waals surface area contributed by atoms with Gasteiger partial charge in [0.2, 0.25) is 11.8 Å². The van der Waals surface area contributed by atoms with Crippen molar-refractivity contribution < 1.29 is 9.59 Å². The summed E-state index contributed by atoms with van der Waals surface area (Å²) in [6, 6.07) is 6.47. The van der Waals surface area contributed by atoms with Gasteiger partial charge in [0.25, 0.3) is 0 Å². The van der Waals surface area contributed by atoms with Crippen LogP contribution in [0.1, 0.15) is 32.3 Å².